The van der Waals surface area contributed by atoms with E-state index >= 15 is 0 Å². The van der Waals surface area contributed by atoms with Crippen LogP contribution in [0.4, 0.5) is 0 Å². The SMILES string of the molecule is CC/C=C(\O)CCCS. The Hall–Kier alpha value is -0.110. The van der Waals surface area contributed by atoms with Crippen LogP contribution in [0.25, 0.3) is 0 Å². The van der Waals surface area contributed by atoms with Gasteiger partial charge in [0.25, 0.3) is 0 Å². The van der Waals surface area contributed by atoms with Crippen LogP contribution in [0.2, 0.25) is 0 Å². The molecule has 0 bridgehead atoms. The van der Waals surface area contributed by atoms with Gasteiger partial charge in [-0.1, -0.05) is 6.92 Å². The van der Waals surface area contributed by atoms with Gasteiger partial charge in [0.1, 0.15) is 0 Å². The van der Waals surface area contributed by atoms with Gasteiger partial charge >= 0.3 is 0 Å². The molecule has 0 rings (SSSR count). The lowest BCUT2D eigenvalue weighted by molar-refractivity contribution is 0.384. The minimum absolute atomic E-state index is 0.506. The predicted molar refractivity (Wildman–Crippen MR) is 44.1 cm³/mol. The lowest BCUT2D eigenvalue weighted by atomic mass is 10.2. The van der Waals surface area contributed by atoms with Crippen LogP contribution in [-0.4, -0.2) is 10.9 Å². The molecule has 0 unspecified atom stereocenters. The Balaban J connectivity index is 3.25. The third kappa shape index (κ3) is 5.77. The molecule has 0 saturated carbocycles. The van der Waals surface area contributed by atoms with Crippen LogP contribution < -0.4 is 0 Å². The van der Waals surface area contributed by atoms with E-state index < -0.39 is 0 Å². The molecule has 0 aromatic carbocycles. The van der Waals surface area contributed by atoms with Crippen molar-refractivity contribution in [2.45, 2.75) is 26.2 Å². The summed E-state index contributed by atoms with van der Waals surface area (Å²) in [5, 5.41) is 9.01. The second-order valence-corrected chi connectivity index (χ2v) is 2.38. The van der Waals surface area contributed by atoms with Gasteiger partial charge in [0.05, 0.1) is 5.76 Å². The van der Waals surface area contributed by atoms with Crippen LogP contribution in [0.1, 0.15) is 26.2 Å². The van der Waals surface area contributed by atoms with Gasteiger partial charge in [-0.25, -0.2) is 0 Å². The van der Waals surface area contributed by atoms with Gasteiger partial charge < -0.3 is 5.11 Å². The van der Waals surface area contributed by atoms with Crippen LogP contribution in [-0.2, 0) is 0 Å². The molecule has 0 radical (unpaired) electrons. The van der Waals surface area contributed by atoms with E-state index in [-0.39, 0.29) is 0 Å². The molecule has 2 heteroatoms. The Labute approximate surface area is 62.2 Å². The normalized spacial score (nSPS) is 12.0. The van der Waals surface area contributed by atoms with Gasteiger partial charge in [-0.2, -0.15) is 12.6 Å². The van der Waals surface area contributed by atoms with Gasteiger partial charge in [-0.05, 0) is 24.7 Å². The summed E-state index contributed by atoms with van der Waals surface area (Å²) in [7, 11) is 0. The van der Waals surface area contributed by atoms with Crippen molar-refractivity contribution in [3.05, 3.63) is 11.8 Å². The minimum Gasteiger partial charge on any atom is -0.513 e. The highest BCUT2D eigenvalue weighted by Gasteiger charge is 1.88. The first kappa shape index (κ1) is 8.89. The molecule has 1 N–H and O–H groups in total. The zero-order chi connectivity index (χ0) is 7.11. The molecule has 0 aliphatic rings. The smallest absolute Gasteiger partial charge is 0.0883 e. The Morgan fingerprint density at radius 3 is 2.78 bits per heavy atom. The van der Waals surface area contributed by atoms with Gasteiger partial charge in [-0.3, -0.25) is 0 Å². The van der Waals surface area contributed by atoms with E-state index in [9.17, 15) is 0 Å². The molecule has 0 fully saturated rings. The molecule has 0 saturated heterocycles. The van der Waals surface area contributed by atoms with Gasteiger partial charge in [0.15, 0.2) is 0 Å². The molecule has 54 valence electrons. The second kappa shape index (κ2) is 6.02. The predicted octanol–water partition coefficient (Wildman–Crippen LogP) is 2.55. The van der Waals surface area contributed by atoms with E-state index in [0.717, 1.165) is 25.0 Å². The first-order valence-electron chi connectivity index (χ1n) is 3.30. The maximum Gasteiger partial charge on any atom is 0.0883 e. The highest BCUT2D eigenvalue weighted by atomic mass is 32.1. The van der Waals surface area contributed by atoms with Crippen LogP contribution in [0.15, 0.2) is 11.8 Å². The first-order chi connectivity index (χ1) is 4.31. The number of hydrogen-bond acceptors (Lipinski definition) is 2. The highest BCUT2D eigenvalue weighted by Crippen LogP contribution is 2.02. The molecule has 0 heterocycles. The zero-order valence-corrected chi connectivity index (χ0v) is 6.69. The van der Waals surface area contributed by atoms with Crippen LogP contribution in [0, 0.1) is 0 Å². The zero-order valence-electron chi connectivity index (χ0n) is 5.80. The van der Waals surface area contributed by atoms with Crippen molar-refractivity contribution in [1.29, 1.82) is 0 Å². The summed E-state index contributed by atoms with van der Waals surface area (Å²) in [4.78, 5) is 0. The monoisotopic (exact) mass is 146 g/mol. The summed E-state index contributed by atoms with van der Waals surface area (Å²) in [6.45, 7) is 2.01. The molecule has 0 amide bonds. The van der Waals surface area contributed by atoms with Crippen molar-refractivity contribution in [3.63, 3.8) is 0 Å². The maximum atomic E-state index is 9.01. The molecule has 9 heavy (non-hydrogen) atoms. The fourth-order valence-corrected chi connectivity index (χ4v) is 0.756. The molecule has 0 spiro atoms. The third-order valence-corrected chi connectivity index (χ3v) is 1.35. The fraction of sp³-hybridized carbons (Fsp3) is 0.714. The lowest BCUT2D eigenvalue weighted by Crippen LogP contribution is -1.82. The number of allylic oxidation sites excluding steroid dienone is 2. The van der Waals surface area contributed by atoms with Crippen LogP contribution in [0.5, 0.6) is 0 Å². The van der Waals surface area contributed by atoms with Gasteiger partial charge in [-0.15, -0.1) is 0 Å². The molecule has 0 aliphatic carbocycles. The average molecular weight is 146 g/mol. The Morgan fingerprint density at radius 2 is 2.33 bits per heavy atom. The van der Waals surface area contributed by atoms with Crippen LogP contribution >= 0.6 is 12.6 Å². The van der Waals surface area contributed by atoms with E-state index in [1.165, 1.54) is 0 Å². The quantitative estimate of drug-likeness (QED) is 0.461. The summed E-state index contributed by atoms with van der Waals surface area (Å²) >= 11 is 4.03. The Kier molecular flexibility index (Phi) is 5.94. The number of hydrogen-bond donors (Lipinski definition) is 2. The third-order valence-electron chi connectivity index (χ3n) is 1.03. The van der Waals surface area contributed by atoms with E-state index in [2.05, 4.69) is 12.6 Å². The summed E-state index contributed by atoms with van der Waals surface area (Å²) in [5.41, 5.74) is 0. The molecule has 1 nitrogen and oxygen atoms in total. The van der Waals surface area contributed by atoms with Crippen LogP contribution in [0.3, 0.4) is 0 Å². The van der Waals surface area contributed by atoms with Crippen molar-refractivity contribution in [3.8, 4) is 0 Å². The summed E-state index contributed by atoms with van der Waals surface area (Å²) in [5.74, 6) is 1.35. The molecule has 0 aliphatic heterocycles. The molecule has 0 aromatic heterocycles. The topological polar surface area (TPSA) is 20.2 Å². The van der Waals surface area contributed by atoms with Crippen molar-refractivity contribution < 1.29 is 5.11 Å². The van der Waals surface area contributed by atoms with E-state index in [0.29, 0.717) is 5.76 Å². The standard InChI is InChI=1S/C7H14OS/c1-2-4-7(8)5-3-6-9/h4,8-9H,2-3,5-6H2,1H3/b7-4-. The number of aliphatic hydroxyl groups excluding tert-OH is 1. The number of rotatable bonds is 4. The number of thiol groups is 1. The number of aliphatic hydroxyl groups is 1. The average Bonchev–Trinajstić information content (AvgIpc) is 1.85. The molecular weight excluding hydrogens is 132 g/mol. The van der Waals surface area contributed by atoms with Crippen molar-refractivity contribution in [2.24, 2.45) is 0 Å². The highest BCUT2D eigenvalue weighted by molar-refractivity contribution is 7.80. The van der Waals surface area contributed by atoms with E-state index in [4.69, 9.17) is 5.11 Å². The maximum absolute atomic E-state index is 9.01. The van der Waals surface area contributed by atoms with Crippen molar-refractivity contribution >= 4 is 12.6 Å². The first-order valence-corrected chi connectivity index (χ1v) is 3.93. The fourth-order valence-electron chi connectivity index (χ4n) is 0.598. The molecule has 0 atom stereocenters. The largest absolute Gasteiger partial charge is 0.513 e. The van der Waals surface area contributed by atoms with E-state index in [1.54, 1.807) is 0 Å². The van der Waals surface area contributed by atoms with Crippen molar-refractivity contribution in [2.75, 3.05) is 5.75 Å². The Morgan fingerprint density at radius 1 is 1.67 bits per heavy atom. The van der Waals surface area contributed by atoms with Gasteiger partial charge in [0.2, 0.25) is 0 Å². The summed E-state index contributed by atoms with van der Waals surface area (Å²) in [6.07, 6.45) is 4.49. The summed E-state index contributed by atoms with van der Waals surface area (Å²) in [6, 6.07) is 0. The second-order valence-electron chi connectivity index (χ2n) is 1.93. The van der Waals surface area contributed by atoms with Crippen molar-refractivity contribution in [1.82, 2.24) is 0 Å². The molecular formula is C7H14OS. The molecule has 0 aromatic rings. The Bertz CT molecular complexity index is 88.9. The van der Waals surface area contributed by atoms with E-state index in [1.807, 2.05) is 13.0 Å². The minimum atomic E-state index is 0.506. The summed E-state index contributed by atoms with van der Waals surface area (Å²) < 4.78 is 0. The van der Waals surface area contributed by atoms with Gasteiger partial charge in [0, 0.05) is 6.42 Å². The lowest BCUT2D eigenvalue weighted by Gasteiger charge is -1.94.